The molecular weight excluding hydrogens is 608 g/mol. The Hall–Kier alpha value is -4.86. The minimum absolute atomic E-state index is 0.0158. The summed E-state index contributed by atoms with van der Waals surface area (Å²) in [4.78, 5) is 14.2. The number of hydrogen-bond donors (Lipinski definition) is 0. The van der Waals surface area contributed by atoms with Crippen LogP contribution in [0.15, 0.2) is 60.9 Å². The zero-order valence-corrected chi connectivity index (χ0v) is 30.0. The predicted octanol–water partition coefficient (Wildman–Crippen LogP) is 7.77. The SMILES string of the molecule is CCN(CCN(CC)c1ccc(-c2cc(OC)c(OC(C)C)c(OC)c2)nc1)c1ccc(-c2cc(OC)c(OC(C)C)c(OC)c2)nc1. The van der Waals surface area contributed by atoms with Crippen LogP contribution in [0.1, 0.15) is 41.5 Å². The van der Waals surface area contributed by atoms with Gasteiger partial charge in [-0.2, -0.15) is 0 Å². The molecule has 2 aromatic carbocycles. The molecule has 0 amide bonds. The van der Waals surface area contributed by atoms with Gasteiger partial charge in [-0.1, -0.05) is 0 Å². The molecule has 0 N–H and O–H groups in total. The molecule has 0 aliphatic rings. The van der Waals surface area contributed by atoms with Gasteiger partial charge in [-0.05, 0) is 90.1 Å². The van der Waals surface area contributed by atoms with Crippen molar-refractivity contribution >= 4 is 11.4 Å². The summed E-state index contributed by atoms with van der Waals surface area (Å²) in [5.41, 5.74) is 5.52. The first-order chi connectivity index (χ1) is 23.1. The molecule has 0 spiro atoms. The molecule has 0 atom stereocenters. The zero-order valence-electron chi connectivity index (χ0n) is 30.0. The minimum atomic E-state index is -0.0158. The number of pyridine rings is 2. The Labute approximate surface area is 285 Å². The topological polar surface area (TPSA) is 87.6 Å². The number of methoxy groups -OCH3 is 4. The van der Waals surface area contributed by atoms with E-state index in [2.05, 4.69) is 35.8 Å². The quantitative estimate of drug-likeness (QED) is 0.112. The van der Waals surface area contributed by atoms with Gasteiger partial charge in [-0.25, -0.2) is 0 Å². The summed E-state index contributed by atoms with van der Waals surface area (Å²) in [5.74, 6) is 3.60. The lowest BCUT2D eigenvalue weighted by atomic mass is 10.1. The molecule has 0 unspecified atom stereocenters. The van der Waals surface area contributed by atoms with Crippen LogP contribution in [0.3, 0.4) is 0 Å². The molecule has 10 nitrogen and oxygen atoms in total. The van der Waals surface area contributed by atoms with E-state index in [1.807, 2.05) is 76.5 Å². The van der Waals surface area contributed by atoms with E-state index in [-0.39, 0.29) is 12.2 Å². The highest BCUT2D eigenvalue weighted by Gasteiger charge is 2.19. The minimum Gasteiger partial charge on any atom is -0.493 e. The van der Waals surface area contributed by atoms with Crippen LogP contribution in [0.4, 0.5) is 11.4 Å². The number of nitrogens with zero attached hydrogens (tertiary/aromatic N) is 4. The lowest BCUT2D eigenvalue weighted by Gasteiger charge is -2.29. The van der Waals surface area contributed by atoms with Crippen molar-refractivity contribution in [3.63, 3.8) is 0 Å². The summed E-state index contributed by atoms with van der Waals surface area (Å²) in [7, 11) is 6.51. The molecule has 48 heavy (non-hydrogen) atoms. The van der Waals surface area contributed by atoms with Crippen molar-refractivity contribution in [2.45, 2.75) is 53.8 Å². The lowest BCUT2D eigenvalue weighted by Crippen LogP contribution is -2.35. The Balaban J connectivity index is 1.47. The summed E-state index contributed by atoms with van der Waals surface area (Å²) in [5, 5.41) is 0. The van der Waals surface area contributed by atoms with Crippen LogP contribution >= 0.6 is 0 Å². The molecule has 0 radical (unpaired) electrons. The number of ether oxygens (including phenoxy) is 6. The van der Waals surface area contributed by atoms with Gasteiger partial charge in [0, 0.05) is 37.3 Å². The van der Waals surface area contributed by atoms with Crippen LogP contribution < -0.4 is 38.2 Å². The zero-order chi connectivity index (χ0) is 34.8. The number of hydrogen-bond acceptors (Lipinski definition) is 10. The van der Waals surface area contributed by atoms with Crippen molar-refractivity contribution in [2.24, 2.45) is 0 Å². The Bertz CT molecular complexity index is 1440. The maximum atomic E-state index is 5.96. The van der Waals surface area contributed by atoms with Crippen molar-refractivity contribution in [2.75, 3.05) is 64.4 Å². The fraction of sp³-hybridized carbons (Fsp3) is 0.421. The highest BCUT2D eigenvalue weighted by Crippen LogP contribution is 2.43. The maximum Gasteiger partial charge on any atom is 0.203 e. The van der Waals surface area contributed by atoms with E-state index in [4.69, 9.17) is 38.4 Å². The first-order valence-corrected chi connectivity index (χ1v) is 16.4. The molecular formula is C38H50N4O6. The summed E-state index contributed by atoms with van der Waals surface area (Å²) in [6.45, 7) is 15.5. The number of likely N-dealkylation sites (N-methyl/N-ethyl adjacent to an activating group) is 2. The molecule has 0 bridgehead atoms. The van der Waals surface area contributed by atoms with E-state index < -0.39 is 0 Å². The first-order valence-electron chi connectivity index (χ1n) is 16.4. The van der Waals surface area contributed by atoms with Crippen molar-refractivity contribution in [1.82, 2.24) is 9.97 Å². The van der Waals surface area contributed by atoms with Crippen LogP contribution in [0.2, 0.25) is 0 Å². The van der Waals surface area contributed by atoms with Gasteiger partial charge in [0.05, 0.1) is 75.8 Å². The van der Waals surface area contributed by atoms with Gasteiger partial charge in [0.1, 0.15) is 0 Å². The van der Waals surface area contributed by atoms with Gasteiger partial charge in [0.15, 0.2) is 23.0 Å². The molecule has 258 valence electrons. The van der Waals surface area contributed by atoms with Crippen LogP contribution in [0.5, 0.6) is 34.5 Å². The van der Waals surface area contributed by atoms with Gasteiger partial charge in [-0.3, -0.25) is 9.97 Å². The van der Waals surface area contributed by atoms with E-state index in [9.17, 15) is 0 Å². The second kappa shape index (κ2) is 16.8. The van der Waals surface area contributed by atoms with Gasteiger partial charge in [-0.15, -0.1) is 0 Å². The molecule has 2 heterocycles. The van der Waals surface area contributed by atoms with E-state index in [1.165, 1.54) is 0 Å². The van der Waals surface area contributed by atoms with Crippen LogP contribution in [0.25, 0.3) is 22.5 Å². The highest BCUT2D eigenvalue weighted by atomic mass is 16.5. The van der Waals surface area contributed by atoms with Crippen molar-refractivity contribution in [3.05, 3.63) is 60.9 Å². The van der Waals surface area contributed by atoms with E-state index in [0.717, 1.165) is 60.1 Å². The third-order valence-corrected chi connectivity index (χ3v) is 7.85. The smallest absolute Gasteiger partial charge is 0.203 e. The fourth-order valence-electron chi connectivity index (χ4n) is 5.43. The molecule has 0 aliphatic carbocycles. The Morgan fingerprint density at radius 1 is 0.542 bits per heavy atom. The molecule has 4 rings (SSSR count). The molecule has 0 saturated carbocycles. The van der Waals surface area contributed by atoms with E-state index >= 15 is 0 Å². The van der Waals surface area contributed by atoms with E-state index in [1.54, 1.807) is 28.4 Å². The third kappa shape index (κ3) is 8.53. The molecule has 0 fully saturated rings. The van der Waals surface area contributed by atoms with E-state index in [0.29, 0.717) is 34.5 Å². The van der Waals surface area contributed by atoms with Crippen molar-refractivity contribution in [3.8, 4) is 57.0 Å². The van der Waals surface area contributed by atoms with Gasteiger partial charge >= 0.3 is 0 Å². The molecule has 4 aromatic rings. The number of aromatic nitrogens is 2. The monoisotopic (exact) mass is 658 g/mol. The second-order valence-electron chi connectivity index (χ2n) is 11.7. The largest absolute Gasteiger partial charge is 0.493 e. The first kappa shape index (κ1) is 36.0. The Kier molecular flexibility index (Phi) is 12.6. The highest BCUT2D eigenvalue weighted by molar-refractivity contribution is 5.71. The summed E-state index contributed by atoms with van der Waals surface area (Å²) in [6.07, 6.45) is 3.81. The number of rotatable bonds is 17. The Morgan fingerprint density at radius 3 is 1.10 bits per heavy atom. The standard InChI is InChI=1S/C38H50N4O6/c1-11-41(29-13-15-31(39-23-29)27-19-33(43-7)37(47-25(3)4)34(20-27)44-8)17-18-42(12-2)30-14-16-32(40-24-30)28-21-35(45-9)38(48-26(5)6)36(22-28)46-10/h13-16,19-26H,11-12,17-18H2,1-10H3. The third-order valence-electron chi connectivity index (χ3n) is 7.85. The summed E-state index contributed by atoms with van der Waals surface area (Å²) in [6, 6.07) is 16.0. The van der Waals surface area contributed by atoms with Crippen LogP contribution in [-0.4, -0.2) is 76.8 Å². The molecule has 10 heteroatoms. The lowest BCUT2D eigenvalue weighted by molar-refractivity contribution is 0.218. The van der Waals surface area contributed by atoms with Crippen LogP contribution in [-0.2, 0) is 0 Å². The van der Waals surface area contributed by atoms with Gasteiger partial charge < -0.3 is 38.2 Å². The molecule has 2 aromatic heterocycles. The maximum absolute atomic E-state index is 5.96. The second-order valence-corrected chi connectivity index (χ2v) is 11.7. The normalized spacial score (nSPS) is 11.0. The predicted molar refractivity (Wildman–Crippen MR) is 193 cm³/mol. The van der Waals surface area contributed by atoms with Gasteiger partial charge in [0.25, 0.3) is 0 Å². The number of benzene rings is 2. The number of anilines is 2. The average molecular weight is 659 g/mol. The Morgan fingerprint density at radius 2 is 0.875 bits per heavy atom. The summed E-state index contributed by atoms with van der Waals surface area (Å²) >= 11 is 0. The molecule has 0 saturated heterocycles. The van der Waals surface area contributed by atoms with Gasteiger partial charge in [0.2, 0.25) is 11.5 Å². The van der Waals surface area contributed by atoms with Crippen LogP contribution in [0, 0.1) is 0 Å². The van der Waals surface area contributed by atoms with Crippen molar-refractivity contribution in [1.29, 1.82) is 0 Å². The average Bonchev–Trinajstić information content (AvgIpc) is 3.10. The molecule has 0 aliphatic heterocycles. The van der Waals surface area contributed by atoms with Crippen molar-refractivity contribution < 1.29 is 28.4 Å². The fourth-order valence-corrected chi connectivity index (χ4v) is 5.43. The summed E-state index contributed by atoms with van der Waals surface area (Å²) < 4.78 is 34.4.